The first-order valence-corrected chi connectivity index (χ1v) is 9.16. The van der Waals surface area contributed by atoms with Crippen molar-refractivity contribution in [2.45, 2.75) is 64.7 Å². The lowest BCUT2D eigenvalue weighted by Crippen LogP contribution is -1.99. The molecule has 0 aromatic heterocycles. The zero-order valence-corrected chi connectivity index (χ0v) is 14.6. The van der Waals surface area contributed by atoms with Gasteiger partial charge in [-0.3, -0.25) is 4.79 Å². The molecule has 0 atom stereocenters. The molecule has 1 aromatic rings. The van der Waals surface area contributed by atoms with Crippen molar-refractivity contribution in [3.63, 3.8) is 0 Å². The summed E-state index contributed by atoms with van der Waals surface area (Å²) in [6, 6.07) is 5.10. The minimum absolute atomic E-state index is 0.190. The summed E-state index contributed by atoms with van der Waals surface area (Å²) in [7, 11) is 0. The number of phenolic OH excluding ortho intramolecular Hbond substituents is 1. The van der Waals surface area contributed by atoms with Crippen LogP contribution < -0.4 is 0 Å². The number of aromatic hydroxyl groups is 1. The van der Waals surface area contributed by atoms with Gasteiger partial charge in [0.05, 0.1) is 0 Å². The number of hydrogen-bond acceptors (Lipinski definition) is 2. The highest BCUT2D eigenvalue weighted by molar-refractivity contribution is 9.09. The number of rotatable bonds is 11. The molecule has 2 nitrogen and oxygen atoms in total. The van der Waals surface area contributed by atoms with Crippen LogP contribution in [0.4, 0.5) is 0 Å². The van der Waals surface area contributed by atoms with Crippen molar-refractivity contribution in [3.8, 4) is 5.75 Å². The highest BCUT2D eigenvalue weighted by Crippen LogP contribution is 2.19. The molecule has 1 aromatic carbocycles. The molecule has 0 heterocycles. The Morgan fingerprint density at radius 2 is 1.57 bits per heavy atom. The third-order valence-electron chi connectivity index (χ3n) is 3.81. The zero-order valence-electron chi connectivity index (χ0n) is 13.0. The third kappa shape index (κ3) is 7.66. The molecule has 1 N–H and O–H groups in total. The Morgan fingerprint density at radius 3 is 2.14 bits per heavy atom. The molecule has 0 radical (unpaired) electrons. The number of unbranched alkanes of at least 4 members (excludes halogenated alkanes) is 7. The number of phenols is 1. The van der Waals surface area contributed by atoms with Gasteiger partial charge in [-0.05, 0) is 43.5 Å². The second kappa shape index (κ2) is 10.8. The fourth-order valence-corrected chi connectivity index (χ4v) is 2.81. The first kappa shape index (κ1) is 18.2. The summed E-state index contributed by atoms with van der Waals surface area (Å²) in [5.41, 5.74) is 1.49. The predicted molar refractivity (Wildman–Crippen MR) is 92.5 cm³/mol. The lowest BCUT2D eigenvalue weighted by atomic mass is 10.0. The van der Waals surface area contributed by atoms with E-state index in [9.17, 15) is 9.90 Å². The van der Waals surface area contributed by atoms with Crippen LogP contribution in [0.3, 0.4) is 0 Å². The molecule has 0 unspecified atom stereocenters. The van der Waals surface area contributed by atoms with E-state index in [1.807, 2.05) is 6.92 Å². The van der Waals surface area contributed by atoms with Crippen molar-refractivity contribution in [2.24, 2.45) is 0 Å². The maximum absolute atomic E-state index is 12.0. The summed E-state index contributed by atoms with van der Waals surface area (Å²) < 4.78 is 0. The van der Waals surface area contributed by atoms with E-state index in [4.69, 9.17) is 0 Å². The van der Waals surface area contributed by atoms with Crippen molar-refractivity contribution >= 4 is 21.7 Å². The molecule has 21 heavy (non-hydrogen) atoms. The summed E-state index contributed by atoms with van der Waals surface area (Å²) in [6.45, 7) is 1.82. The van der Waals surface area contributed by atoms with Gasteiger partial charge < -0.3 is 5.11 Å². The van der Waals surface area contributed by atoms with E-state index in [0.29, 0.717) is 6.42 Å². The lowest BCUT2D eigenvalue weighted by Gasteiger charge is -2.04. The first-order valence-electron chi connectivity index (χ1n) is 8.04. The van der Waals surface area contributed by atoms with E-state index in [0.717, 1.165) is 29.3 Å². The Morgan fingerprint density at radius 1 is 1.00 bits per heavy atom. The average molecular weight is 355 g/mol. The third-order valence-corrected chi connectivity index (χ3v) is 4.37. The minimum atomic E-state index is 0.190. The largest absolute Gasteiger partial charge is 0.508 e. The Balaban J connectivity index is 2.09. The maximum atomic E-state index is 12.0. The standard InChI is InChI=1S/C18H27BrO2/c1-15-14-16(11-12-17(15)20)18(21)10-8-6-4-2-3-5-7-9-13-19/h11-12,14,20H,2-10,13H2,1H3. The SMILES string of the molecule is Cc1cc(C(=O)CCCCCCCCCCBr)ccc1O. The number of carbonyl (C=O) groups excluding carboxylic acids is 1. The number of benzene rings is 1. The van der Waals surface area contributed by atoms with E-state index in [2.05, 4.69) is 15.9 Å². The molecule has 0 aliphatic rings. The summed E-state index contributed by atoms with van der Waals surface area (Å²) in [6.07, 6.45) is 10.5. The van der Waals surface area contributed by atoms with Crippen molar-refractivity contribution in [2.75, 3.05) is 5.33 Å². The molecule has 0 fully saturated rings. The Bertz CT molecular complexity index is 429. The van der Waals surface area contributed by atoms with Crippen molar-refractivity contribution in [1.29, 1.82) is 0 Å². The Hall–Kier alpha value is -0.830. The number of hydrogen-bond donors (Lipinski definition) is 1. The quantitative estimate of drug-likeness (QED) is 0.310. The minimum Gasteiger partial charge on any atom is -0.508 e. The van der Waals surface area contributed by atoms with Gasteiger partial charge in [0.1, 0.15) is 5.75 Å². The maximum Gasteiger partial charge on any atom is 0.162 e. The zero-order chi connectivity index (χ0) is 15.5. The van der Waals surface area contributed by atoms with Gasteiger partial charge in [-0.25, -0.2) is 0 Å². The van der Waals surface area contributed by atoms with Crippen LogP contribution in [-0.4, -0.2) is 16.2 Å². The number of halogens is 1. The van der Waals surface area contributed by atoms with Gasteiger partial charge in [-0.2, -0.15) is 0 Å². The molecule has 1 rings (SSSR count). The normalized spacial score (nSPS) is 10.8. The van der Waals surface area contributed by atoms with Crippen molar-refractivity contribution < 1.29 is 9.90 Å². The fourth-order valence-electron chi connectivity index (χ4n) is 2.41. The van der Waals surface area contributed by atoms with Crippen molar-refractivity contribution in [3.05, 3.63) is 29.3 Å². The van der Waals surface area contributed by atoms with E-state index < -0.39 is 0 Å². The van der Waals surface area contributed by atoms with Crippen LogP contribution in [0.2, 0.25) is 0 Å². The molecule has 0 amide bonds. The fraction of sp³-hybridized carbons (Fsp3) is 0.611. The molecule has 0 bridgehead atoms. The summed E-state index contributed by atoms with van der Waals surface area (Å²) in [5.74, 6) is 0.446. The van der Waals surface area contributed by atoms with Gasteiger partial charge in [0, 0.05) is 17.3 Å². The van der Waals surface area contributed by atoms with Gasteiger partial charge in [-0.1, -0.05) is 54.5 Å². The summed E-state index contributed by atoms with van der Waals surface area (Å²) in [5, 5.41) is 10.6. The number of aryl methyl sites for hydroxylation is 1. The number of Topliss-reactive ketones (excluding diaryl/α,β-unsaturated/α-hetero) is 1. The van der Waals surface area contributed by atoms with Crippen LogP contribution in [0, 0.1) is 6.92 Å². The van der Waals surface area contributed by atoms with Gasteiger partial charge in [0.15, 0.2) is 5.78 Å². The second-order valence-electron chi connectivity index (χ2n) is 5.69. The molecule has 3 heteroatoms. The van der Waals surface area contributed by atoms with Crippen molar-refractivity contribution in [1.82, 2.24) is 0 Å². The predicted octanol–water partition coefficient (Wildman–Crippen LogP) is 5.79. The van der Waals surface area contributed by atoms with Crippen LogP contribution >= 0.6 is 15.9 Å². The summed E-state index contributed by atoms with van der Waals surface area (Å²) in [4.78, 5) is 12.0. The van der Waals surface area contributed by atoms with Crippen LogP contribution in [-0.2, 0) is 0 Å². The van der Waals surface area contributed by atoms with E-state index in [-0.39, 0.29) is 11.5 Å². The Labute approximate surface area is 137 Å². The first-order chi connectivity index (χ1) is 10.1. The molecular formula is C18H27BrO2. The van der Waals surface area contributed by atoms with E-state index in [1.165, 1.54) is 38.5 Å². The van der Waals surface area contributed by atoms with E-state index >= 15 is 0 Å². The van der Waals surface area contributed by atoms with Gasteiger partial charge in [-0.15, -0.1) is 0 Å². The van der Waals surface area contributed by atoms with Gasteiger partial charge >= 0.3 is 0 Å². The highest BCUT2D eigenvalue weighted by atomic mass is 79.9. The Kier molecular flexibility index (Phi) is 9.40. The number of carbonyl (C=O) groups is 1. The molecule has 0 saturated heterocycles. The summed E-state index contributed by atoms with van der Waals surface area (Å²) >= 11 is 3.45. The molecule has 118 valence electrons. The van der Waals surface area contributed by atoms with Crippen LogP contribution in [0.5, 0.6) is 5.75 Å². The topological polar surface area (TPSA) is 37.3 Å². The van der Waals surface area contributed by atoms with Gasteiger partial charge in [0.25, 0.3) is 0 Å². The molecule has 0 spiro atoms. The monoisotopic (exact) mass is 354 g/mol. The molecule has 0 saturated carbocycles. The average Bonchev–Trinajstić information content (AvgIpc) is 2.48. The molecule has 0 aliphatic heterocycles. The second-order valence-corrected chi connectivity index (χ2v) is 6.48. The van der Waals surface area contributed by atoms with Crippen LogP contribution in [0.15, 0.2) is 18.2 Å². The van der Waals surface area contributed by atoms with E-state index in [1.54, 1.807) is 18.2 Å². The van der Waals surface area contributed by atoms with Gasteiger partial charge in [0.2, 0.25) is 0 Å². The highest BCUT2D eigenvalue weighted by Gasteiger charge is 2.07. The molecular weight excluding hydrogens is 328 g/mol. The lowest BCUT2D eigenvalue weighted by molar-refractivity contribution is 0.0979. The van der Waals surface area contributed by atoms with Crippen LogP contribution in [0.1, 0.15) is 73.7 Å². The molecule has 0 aliphatic carbocycles. The van der Waals surface area contributed by atoms with Crippen LogP contribution in [0.25, 0.3) is 0 Å². The smallest absolute Gasteiger partial charge is 0.162 e. The number of ketones is 1. The number of alkyl halides is 1.